The third kappa shape index (κ3) is 3.93. The highest BCUT2D eigenvalue weighted by Gasteiger charge is 2.24. The molecule has 1 atom stereocenters. The third-order valence-corrected chi connectivity index (χ3v) is 5.29. The van der Waals surface area contributed by atoms with E-state index in [0.717, 1.165) is 50.0 Å². The molecule has 2 amide bonds. The van der Waals surface area contributed by atoms with Gasteiger partial charge in [-0.05, 0) is 6.42 Å². The molecule has 1 aliphatic heterocycles. The van der Waals surface area contributed by atoms with E-state index in [2.05, 4.69) is 27.1 Å². The van der Waals surface area contributed by atoms with Gasteiger partial charge in [-0.15, -0.1) is 11.3 Å². The van der Waals surface area contributed by atoms with Crippen molar-refractivity contribution in [3.05, 3.63) is 34.8 Å². The molecule has 8 heteroatoms. The maximum Gasteiger partial charge on any atom is 0.318 e. The zero-order chi connectivity index (χ0) is 16.9. The van der Waals surface area contributed by atoms with E-state index in [1.165, 1.54) is 0 Å². The van der Waals surface area contributed by atoms with Crippen LogP contribution in [0.2, 0.25) is 0 Å². The summed E-state index contributed by atoms with van der Waals surface area (Å²) < 4.78 is 2.04. The summed E-state index contributed by atoms with van der Waals surface area (Å²) in [5, 5.41) is 6.02. The molecule has 0 radical (unpaired) electrons. The maximum atomic E-state index is 12.5. The van der Waals surface area contributed by atoms with Gasteiger partial charge in [-0.25, -0.2) is 14.8 Å². The first-order valence-electron chi connectivity index (χ1n) is 8.30. The zero-order valence-corrected chi connectivity index (χ0v) is 15.0. The van der Waals surface area contributed by atoms with Gasteiger partial charge in [0.1, 0.15) is 10.8 Å². The summed E-state index contributed by atoms with van der Waals surface area (Å²) >= 11 is 1.59. The van der Waals surface area contributed by atoms with Crippen LogP contribution in [0.25, 0.3) is 0 Å². The molecule has 0 aliphatic carbocycles. The Morgan fingerprint density at radius 1 is 1.29 bits per heavy atom. The van der Waals surface area contributed by atoms with Crippen molar-refractivity contribution in [2.45, 2.75) is 25.9 Å². The molecule has 1 N–H and O–H groups in total. The molecule has 1 fully saturated rings. The molecule has 0 aromatic carbocycles. The molecule has 0 bridgehead atoms. The van der Waals surface area contributed by atoms with Crippen LogP contribution in [0, 0.1) is 0 Å². The van der Waals surface area contributed by atoms with Gasteiger partial charge in [0, 0.05) is 57.2 Å². The monoisotopic (exact) mass is 348 g/mol. The lowest BCUT2D eigenvalue weighted by Crippen LogP contribution is -2.52. The molecule has 3 heterocycles. The lowest BCUT2D eigenvalue weighted by atomic mass is 10.2. The Morgan fingerprint density at radius 2 is 2.08 bits per heavy atom. The highest BCUT2D eigenvalue weighted by Crippen LogP contribution is 2.19. The number of thiazole rings is 1. The first-order valence-corrected chi connectivity index (χ1v) is 9.18. The van der Waals surface area contributed by atoms with Crippen LogP contribution in [0.15, 0.2) is 24.0 Å². The highest BCUT2D eigenvalue weighted by molar-refractivity contribution is 7.09. The van der Waals surface area contributed by atoms with E-state index in [1.807, 2.05) is 34.3 Å². The van der Waals surface area contributed by atoms with Crippen molar-refractivity contribution in [1.82, 2.24) is 29.7 Å². The molecule has 1 aliphatic rings. The van der Waals surface area contributed by atoms with Gasteiger partial charge in [0.2, 0.25) is 0 Å². The van der Waals surface area contributed by atoms with Crippen LogP contribution in [0.3, 0.4) is 0 Å². The molecular weight excluding hydrogens is 324 g/mol. The van der Waals surface area contributed by atoms with Crippen molar-refractivity contribution in [1.29, 1.82) is 0 Å². The van der Waals surface area contributed by atoms with Crippen LogP contribution < -0.4 is 5.32 Å². The van der Waals surface area contributed by atoms with Crippen molar-refractivity contribution in [2.75, 3.05) is 26.2 Å². The molecule has 2 aromatic heterocycles. The number of hydrogen-bond donors (Lipinski definition) is 1. The van der Waals surface area contributed by atoms with Crippen LogP contribution in [0.4, 0.5) is 4.79 Å². The second kappa shape index (κ2) is 7.76. The normalized spacial score (nSPS) is 17.0. The summed E-state index contributed by atoms with van der Waals surface area (Å²) in [6.07, 6.45) is 6.41. The topological polar surface area (TPSA) is 66.3 Å². The van der Waals surface area contributed by atoms with E-state index in [-0.39, 0.29) is 12.1 Å². The quantitative estimate of drug-likeness (QED) is 0.896. The fraction of sp³-hybridized carbons (Fsp3) is 0.562. The van der Waals surface area contributed by atoms with E-state index in [0.29, 0.717) is 0 Å². The Kier molecular flexibility index (Phi) is 5.47. The zero-order valence-electron chi connectivity index (χ0n) is 14.2. The fourth-order valence-corrected chi connectivity index (χ4v) is 3.62. The minimum Gasteiger partial charge on any atom is -0.337 e. The van der Waals surface area contributed by atoms with E-state index in [9.17, 15) is 4.79 Å². The Balaban J connectivity index is 1.49. The van der Waals surface area contributed by atoms with Gasteiger partial charge in [0.15, 0.2) is 0 Å². The molecule has 0 spiro atoms. The van der Waals surface area contributed by atoms with Crippen LogP contribution in [0.1, 0.15) is 30.2 Å². The number of imidazole rings is 1. The minimum atomic E-state index is 0.00287. The van der Waals surface area contributed by atoms with Gasteiger partial charge in [-0.3, -0.25) is 4.90 Å². The first kappa shape index (κ1) is 16.9. The second-order valence-corrected chi connectivity index (χ2v) is 6.92. The SMILES string of the molecule is CC[C@@H](NC(=O)N1CCN(Cc2nccn2C)CC1)c1nccs1. The molecule has 0 saturated carbocycles. The number of carbonyl (C=O) groups excluding carboxylic acids is 1. The summed E-state index contributed by atoms with van der Waals surface area (Å²) in [5.41, 5.74) is 0. The van der Waals surface area contributed by atoms with E-state index in [4.69, 9.17) is 0 Å². The number of nitrogens with zero attached hydrogens (tertiary/aromatic N) is 5. The smallest absolute Gasteiger partial charge is 0.318 e. The van der Waals surface area contributed by atoms with Crippen LogP contribution in [0.5, 0.6) is 0 Å². The van der Waals surface area contributed by atoms with Gasteiger partial charge in [-0.1, -0.05) is 6.92 Å². The van der Waals surface area contributed by atoms with Gasteiger partial charge in [0.25, 0.3) is 0 Å². The number of rotatable bonds is 5. The van der Waals surface area contributed by atoms with Gasteiger partial charge >= 0.3 is 6.03 Å². The molecule has 130 valence electrons. The summed E-state index contributed by atoms with van der Waals surface area (Å²) in [6, 6.07) is 0.0109. The number of nitrogens with one attached hydrogen (secondary N) is 1. The maximum absolute atomic E-state index is 12.5. The molecule has 24 heavy (non-hydrogen) atoms. The number of aryl methyl sites for hydroxylation is 1. The predicted molar refractivity (Wildman–Crippen MR) is 93.7 cm³/mol. The Labute approximate surface area is 146 Å². The van der Waals surface area contributed by atoms with Gasteiger partial charge in [-0.2, -0.15) is 0 Å². The van der Waals surface area contributed by atoms with Crippen molar-refractivity contribution >= 4 is 17.4 Å². The predicted octanol–water partition coefficient (Wildman–Crippen LogP) is 1.86. The number of urea groups is 1. The Morgan fingerprint density at radius 3 is 2.67 bits per heavy atom. The fourth-order valence-electron chi connectivity index (χ4n) is 2.84. The number of amides is 2. The van der Waals surface area contributed by atoms with Crippen molar-refractivity contribution < 1.29 is 4.79 Å². The average Bonchev–Trinajstić information content (AvgIpc) is 3.26. The largest absolute Gasteiger partial charge is 0.337 e. The minimum absolute atomic E-state index is 0.00287. The first-order chi connectivity index (χ1) is 11.7. The standard InChI is InChI=1S/C16H24N6OS/c1-3-13(15-18-5-11-24-15)19-16(23)22-9-7-21(8-10-22)12-14-17-4-6-20(14)2/h4-6,11,13H,3,7-10,12H2,1-2H3,(H,19,23)/t13-/m1/s1. The molecule has 0 unspecified atom stereocenters. The number of carbonyl (C=O) groups is 1. The van der Waals surface area contributed by atoms with Crippen LogP contribution in [-0.4, -0.2) is 56.5 Å². The van der Waals surface area contributed by atoms with Crippen molar-refractivity contribution in [2.24, 2.45) is 7.05 Å². The van der Waals surface area contributed by atoms with Crippen LogP contribution >= 0.6 is 11.3 Å². The Hall–Kier alpha value is -1.93. The van der Waals surface area contributed by atoms with E-state index in [1.54, 1.807) is 17.5 Å². The number of aromatic nitrogens is 3. The molecule has 3 rings (SSSR count). The molecule has 7 nitrogen and oxygen atoms in total. The summed E-state index contributed by atoms with van der Waals surface area (Å²) in [7, 11) is 2.01. The number of piperazine rings is 1. The van der Waals surface area contributed by atoms with Gasteiger partial charge < -0.3 is 14.8 Å². The highest BCUT2D eigenvalue weighted by atomic mass is 32.1. The summed E-state index contributed by atoms with van der Waals surface area (Å²) in [4.78, 5) is 25.4. The lowest BCUT2D eigenvalue weighted by molar-refractivity contribution is 0.131. The molecular formula is C16H24N6OS. The van der Waals surface area contributed by atoms with Gasteiger partial charge in [0.05, 0.1) is 12.6 Å². The van der Waals surface area contributed by atoms with Crippen molar-refractivity contribution in [3.8, 4) is 0 Å². The van der Waals surface area contributed by atoms with E-state index < -0.39 is 0 Å². The second-order valence-electron chi connectivity index (χ2n) is 6.00. The summed E-state index contributed by atoms with van der Waals surface area (Å²) in [6.45, 7) is 6.12. The molecule has 2 aromatic rings. The summed E-state index contributed by atoms with van der Waals surface area (Å²) in [5.74, 6) is 1.06. The number of hydrogen-bond acceptors (Lipinski definition) is 5. The average molecular weight is 348 g/mol. The van der Waals surface area contributed by atoms with Crippen molar-refractivity contribution in [3.63, 3.8) is 0 Å². The van der Waals surface area contributed by atoms with Crippen LogP contribution in [-0.2, 0) is 13.6 Å². The lowest BCUT2D eigenvalue weighted by Gasteiger charge is -2.35. The Bertz CT molecular complexity index is 647. The van der Waals surface area contributed by atoms with E-state index >= 15 is 0 Å². The molecule has 1 saturated heterocycles. The third-order valence-electron chi connectivity index (χ3n) is 4.40.